The number of hydrogen-bond acceptors (Lipinski definition) is 0. The van der Waals surface area contributed by atoms with Crippen LogP contribution >= 0.6 is 0 Å². The SMILES string of the molecule is CC(C)[NH+](C(C)C)C1CCCCC1.Cc1c(F)c(F)cc(F)c1[B-](c1c(F)cc(F)c(F)c1C)(c1c(F)cc(F)c(F)c1C)c1c(F)cc(F)c(F)c1C. The molecule has 0 aromatic heterocycles. The van der Waals surface area contributed by atoms with Gasteiger partial charge in [0.2, 0.25) is 0 Å². The highest BCUT2D eigenvalue weighted by Crippen LogP contribution is 2.28. The van der Waals surface area contributed by atoms with Gasteiger partial charge in [-0.15, -0.1) is 0 Å². The topological polar surface area (TPSA) is 4.44 Å². The van der Waals surface area contributed by atoms with Crippen molar-refractivity contribution in [2.75, 3.05) is 0 Å². The summed E-state index contributed by atoms with van der Waals surface area (Å²) in [6.45, 7) is 12.1. The van der Waals surface area contributed by atoms with E-state index in [0.29, 0.717) is 27.7 Å². The van der Waals surface area contributed by atoms with Crippen LogP contribution in [-0.2, 0) is 0 Å². The molecule has 1 fully saturated rings. The van der Waals surface area contributed by atoms with Gasteiger partial charge in [-0.3, -0.25) is 0 Å². The molecule has 1 nitrogen and oxygen atoms in total. The highest BCUT2D eigenvalue weighted by Gasteiger charge is 2.46. The molecule has 4 aromatic rings. The lowest BCUT2D eigenvalue weighted by atomic mass is 9.11. The van der Waals surface area contributed by atoms with Crippen LogP contribution in [0.3, 0.4) is 0 Å². The van der Waals surface area contributed by atoms with Crippen molar-refractivity contribution in [2.24, 2.45) is 0 Å². The Morgan fingerprint density at radius 1 is 0.426 bits per heavy atom. The third kappa shape index (κ3) is 7.39. The fraction of sp³-hybridized carbons (Fsp3) is 0.400. The fourth-order valence-electron chi connectivity index (χ4n) is 8.95. The Bertz CT molecular complexity index is 1790. The Morgan fingerprint density at radius 3 is 0.889 bits per heavy atom. The van der Waals surface area contributed by atoms with Crippen LogP contribution in [0.5, 0.6) is 0 Å². The molecule has 54 heavy (non-hydrogen) atoms. The quantitative estimate of drug-likeness (QED) is 0.110. The second-order valence-electron chi connectivity index (χ2n) is 14.8. The predicted molar refractivity (Wildman–Crippen MR) is 187 cm³/mol. The van der Waals surface area contributed by atoms with Crippen molar-refractivity contribution in [3.63, 3.8) is 0 Å². The maximum Gasteiger partial charge on any atom is 0.161 e. The van der Waals surface area contributed by atoms with E-state index in [1.165, 1.54) is 32.1 Å². The number of benzene rings is 4. The first-order chi connectivity index (χ1) is 25.1. The lowest BCUT2D eigenvalue weighted by Gasteiger charge is -2.48. The smallest absolute Gasteiger partial charge is 0.161 e. The van der Waals surface area contributed by atoms with Crippen molar-refractivity contribution in [3.8, 4) is 0 Å². The van der Waals surface area contributed by atoms with Gasteiger partial charge >= 0.3 is 0 Å². The normalized spacial score (nSPS) is 14.0. The summed E-state index contributed by atoms with van der Waals surface area (Å²) >= 11 is 0. The van der Waals surface area contributed by atoms with Gasteiger partial charge in [-0.25, -0.2) is 52.7 Å². The molecule has 1 aliphatic carbocycles. The van der Waals surface area contributed by atoms with Crippen LogP contribution in [0.15, 0.2) is 24.3 Å². The second-order valence-corrected chi connectivity index (χ2v) is 14.8. The van der Waals surface area contributed by atoms with E-state index in [1.54, 1.807) is 0 Å². The molecule has 0 atom stereocenters. The molecule has 0 heterocycles. The van der Waals surface area contributed by atoms with Gasteiger partial charge in [0, 0.05) is 24.3 Å². The molecular formula is C40H42BF12N. The Hall–Kier alpha value is -3.94. The van der Waals surface area contributed by atoms with Gasteiger partial charge in [-0.2, -0.15) is 21.9 Å². The molecule has 0 radical (unpaired) electrons. The first-order valence-corrected chi connectivity index (χ1v) is 17.7. The molecule has 0 bridgehead atoms. The van der Waals surface area contributed by atoms with E-state index in [9.17, 15) is 17.6 Å². The van der Waals surface area contributed by atoms with Crippen LogP contribution < -0.4 is 26.8 Å². The van der Waals surface area contributed by atoms with Crippen LogP contribution in [0, 0.1) is 97.5 Å². The summed E-state index contributed by atoms with van der Waals surface area (Å²) in [5.74, 6) is -22.3. The number of nitrogens with one attached hydrogen (secondary N) is 1. The third-order valence-corrected chi connectivity index (χ3v) is 11.0. The Balaban J connectivity index is 0.000000422. The lowest BCUT2D eigenvalue weighted by Crippen LogP contribution is -3.21. The molecule has 0 saturated heterocycles. The van der Waals surface area contributed by atoms with Crippen molar-refractivity contribution in [1.82, 2.24) is 0 Å². The first kappa shape index (κ1) is 42.8. The van der Waals surface area contributed by atoms with Crippen LogP contribution in [0.1, 0.15) is 82.1 Å². The Morgan fingerprint density at radius 2 is 0.667 bits per heavy atom. The molecule has 4 aromatic carbocycles. The fourth-order valence-corrected chi connectivity index (χ4v) is 8.95. The molecule has 1 N–H and O–H groups in total. The number of quaternary nitrogens is 1. The summed E-state index contributed by atoms with van der Waals surface area (Å²) in [6.07, 6.45) is 2.65. The summed E-state index contributed by atoms with van der Waals surface area (Å²) in [7, 11) is 0. The summed E-state index contributed by atoms with van der Waals surface area (Å²) in [5.41, 5.74) is -9.90. The Kier molecular flexibility index (Phi) is 13.0. The Labute approximate surface area is 307 Å². The highest BCUT2D eigenvalue weighted by molar-refractivity contribution is 7.20. The van der Waals surface area contributed by atoms with Gasteiger partial charge in [0.15, 0.2) is 46.5 Å². The average Bonchev–Trinajstić information content (AvgIpc) is 3.08. The molecule has 0 spiro atoms. The van der Waals surface area contributed by atoms with Crippen molar-refractivity contribution < 1.29 is 57.6 Å². The van der Waals surface area contributed by atoms with Crippen molar-refractivity contribution in [3.05, 3.63) is 116 Å². The minimum Gasteiger partial charge on any atom is -0.329 e. The summed E-state index contributed by atoms with van der Waals surface area (Å²) < 4.78 is 181. The van der Waals surface area contributed by atoms with Gasteiger partial charge in [0.25, 0.3) is 0 Å². The van der Waals surface area contributed by atoms with Crippen molar-refractivity contribution in [1.29, 1.82) is 0 Å². The van der Waals surface area contributed by atoms with Crippen LogP contribution in [-0.4, -0.2) is 24.3 Å². The molecule has 0 unspecified atom stereocenters. The molecular weight excluding hydrogens is 733 g/mol. The minimum atomic E-state index is -4.68. The maximum atomic E-state index is 15.9. The van der Waals surface area contributed by atoms with Crippen molar-refractivity contribution in [2.45, 2.75) is 106 Å². The van der Waals surface area contributed by atoms with E-state index >= 15 is 35.1 Å². The second kappa shape index (κ2) is 16.4. The number of halogens is 12. The molecule has 294 valence electrons. The van der Waals surface area contributed by atoms with Gasteiger partial charge in [-0.1, -0.05) is 6.42 Å². The molecule has 0 amide bonds. The van der Waals surface area contributed by atoms with E-state index in [-0.39, 0.29) is 24.3 Å². The van der Waals surface area contributed by atoms with Gasteiger partial charge in [0.1, 0.15) is 6.15 Å². The van der Waals surface area contributed by atoms with E-state index < -0.39 is 120 Å². The standard InChI is InChI=1S/C28H16BF12.C12H25N/c1-9-21(13(30)5-17(34)25(9)38)29(22-10(2)26(39)18(35)6-14(22)31,23-11(3)27(40)19(36)7-15(23)32)24-12(4)28(41)20(37)8-16(24)33;1-10(2)13(11(3)4)12-8-6-5-7-9-12/h5-8H,1-4H3;10-12H,5-9H2,1-4H3/q-1;/p+1. The number of hydrogen-bond donors (Lipinski definition) is 1. The molecule has 14 heteroatoms. The summed E-state index contributed by atoms with van der Waals surface area (Å²) in [6, 6.07) is 2.05. The molecule has 1 saturated carbocycles. The zero-order valence-corrected chi connectivity index (χ0v) is 31.2. The molecule has 5 rings (SSSR count). The number of rotatable bonds is 7. The molecule has 1 aliphatic rings. The van der Waals surface area contributed by atoms with E-state index in [1.807, 2.05) is 4.90 Å². The zero-order chi connectivity index (χ0) is 40.7. The largest absolute Gasteiger partial charge is 0.329 e. The van der Waals surface area contributed by atoms with Crippen LogP contribution in [0.2, 0.25) is 0 Å². The van der Waals surface area contributed by atoms with Gasteiger partial charge < -0.3 is 4.90 Å². The zero-order valence-electron chi connectivity index (χ0n) is 31.2. The van der Waals surface area contributed by atoms with Gasteiger partial charge in [-0.05, 0) is 103 Å². The predicted octanol–water partition coefficient (Wildman–Crippen LogP) is 7.99. The monoisotopic (exact) mass is 775 g/mol. The highest BCUT2D eigenvalue weighted by atomic mass is 19.2. The van der Waals surface area contributed by atoms with Gasteiger partial charge in [0.05, 0.1) is 41.4 Å². The third-order valence-electron chi connectivity index (χ3n) is 11.0. The van der Waals surface area contributed by atoms with Crippen LogP contribution in [0.4, 0.5) is 52.7 Å². The van der Waals surface area contributed by atoms with E-state index in [4.69, 9.17) is 0 Å². The summed E-state index contributed by atoms with van der Waals surface area (Å²) in [4.78, 5) is 1.83. The van der Waals surface area contributed by atoms with Crippen LogP contribution in [0.25, 0.3) is 0 Å². The average molecular weight is 776 g/mol. The first-order valence-electron chi connectivity index (χ1n) is 17.7. The minimum absolute atomic E-state index is 0.123. The summed E-state index contributed by atoms with van der Waals surface area (Å²) in [5, 5.41) is 0. The molecule has 0 aliphatic heterocycles. The van der Waals surface area contributed by atoms with Crippen molar-refractivity contribution >= 4 is 28.0 Å². The van der Waals surface area contributed by atoms with E-state index in [2.05, 4.69) is 27.7 Å². The maximum absolute atomic E-state index is 15.9. The van der Waals surface area contributed by atoms with E-state index in [0.717, 1.165) is 18.1 Å². The lowest BCUT2D eigenvalue weighted by molar-refractivity contribution is -0.967.